The van der Waals surface area contributed by atoms with Crippen LogP contribution in [0, 0.1) is 13.8 Å². The molecular weight excluding hydrogens is 465 g/mol. The summed E-state index contributed by atoms with van der Waals surface area (Å²) in [5.74, 6) is 1.64. The van der Waals surface area contributed by atoms with Crippen molar-refractivity contribution in [1.82, 2.24) is 30.4 Å². The SMILES string of the molecule is CN=C(NCCCn1nc(C)cc1C)NCc1ncc(-c2ccccc2)[nH]1.I. The van der Waals surface area contributed by atoms with Crippen LogP contribution in [0.5, 0.6) is 0 Å². The fourth-order valence-electron chi connectivity index (χ4n) is 2.94. The maximum atomic E-state index is 4.48. The third-order valence-electron chi connectivity index (χ3n) is 4.30. The molecule has 0 aliphatic rings. The topological polar surface area (TPSA) is 82.9 Å². The van der Waals surface area contributed by atoms with Gasteiger partial charge in [0.2, 0.25) is 0 Å². The minimum atomic E-state index is 0. The second-order valence-electron chi connectivity index (χ2n) is 6.47. The number of benzene rings is 1. The molecule has 0 saturated carbocycles. The van der Waals surface area contributed by atoms with E-state index in [0.717, 1.165) is 48.2 Å². The van der Waals surface area contributed by atoms with Crippen molar-refractivity contribution in [1.29, 1.82) is 0 Å². The number of rotatable bonds is 7. The van der Waals surface area contributed by atoms with Gasteiger partial charge in [-0.25, -0.2) is 4.98 Å². The van der Waals surface area contributed by atoms with E-state index >= 15 is 0 Å². The second-order valence-corrected chi connectivity index (χ2v) is 6.47. The first-order valence-corrected chi connectivity index (χ1v) is 9.20. The number of guanidine groups is 1. The quantitative estimate of drug-likeness (QED) is 0.204. The molecule has 3 rings (SSSR count). The summed E-state index contributed by atoms with van der Waals surface area (Å²) in [4.78, 5) is 12.0. The van der Waals surface area contributed by atoms with Crippen molar-refractivity contribution in [3.63, 3.8) is 0 Å². The van der Waals surface area contributed by atoms with E-state index < -0.39 is 0 Å². The summed E-state index contributed by atoms with van der Waals surface area (Å²) >= 11 is 0. The molecule has 3 N–H and O–H groups in total. The number of imidazole rings is 1. The van der Waals surface area contributed by atoms with Crippen LogP contribution in [-0.2, 0) is 13.1 Å². The van der Waals surface area contributed by atoms with E-state index in [1.807, 2.05) is 36.0 Å². The molecule has 0 saturated heterocycles. The second kappa shape index (κ2) is 10.8. The summed E-state index contributed by atoms with van der Waals surface area (Å²) < 4.78 is 2.04. The van der Waals surface area contributed by atoms with Gasteiger partial charge in [-0.15, -0.1) is 24.0 Å². The summed E-state index contributed by atoms with van der Waals surface area (Å²) in [5.41, 5.74) is 4.40. The molecule has 3 aromatic rings. The first kappa shape index (κ1) is 21.9. The number of aromatic amines is 1. The number of nitrogens with zero attached hydrogens (tertiary/aromatic N) is 4. The van der Waals surface area contributed by atoms with E-state index in [9.17, 15) is 0 Å². The van der Waals surface area contributed by atoms with Crippen LogP contribution in [0.15, 0.2) is 47.6 Å². The van der Waals surface area contributed by atoms with Crippen molar-refractivity contribution >= 4 is 29.9 Å². The van der Waals surface area contributed by atoms with E-state index in [4.69, 9.17) is 0 Å². The van der Waals surface area contributed by atoms with Crippen LogP contribution in [0.2, 0.25) is 0 Å². The Labute approximate surface area is 183 Å². The van der Waals surface area contributed by atoms with E-state index in [2.05, 4.69) is 55.8 Å². The van der Waals surface area contributed by atoms with Crippen LogP contribution in [0.25, 0.3) is 11.3 Å². The molecular formula is C20H28IN7. The molecule has 0 aliphatic heterocycles. The maximum Gasteiger partial charge on any atom is 0.191 e. The molecule has 0 bridgehead atoms. The van der Waals surface area contributed by atoms with Gasteiger partial charge in [0.1, 0.15) is 5.82 Å². The summed E-state index contributed by atoms with van der Waals surface area (Å²) in [5, 5.41) is 11.1. The van der Waals surface area contributed by atoms with Gasteiger partial charge in [-0.3, -0.25) is 9.67 Å². The lowest BCUT2D eigenvalue weighted by molar-refractivity contribution is 0.555. The summed E-state index contributed by atoms with van der Waals surface area (Å²) in [6, 6.07) is 12.3. The third kappa shape index (κ3) is 6.08. The van der Waals surface area contributed by atoms with Gasteiger partial charge in [-0.2, -0.15) is 5.10 Å². The zero-order valence-electron chi connectivity index (χ0n) is 16.6. The minimum absolute atomic E-state index is 0. The first-order valence-electron chi connectivity index (χ1n) is 9.20. The van der Waals surface area contributed by atoms with Crippen molar-refractivity contribution in [2.75, 3.05) is 13.6 Å². The molecule has 0 fully saturated rings. The molecule has 0 aliphatic carbocycles. The Bertz CT molecular complexity index is 883. The number of hydrogen-bond donors (Lipinski definition) is 3. The Balaban J connectivity index is 0.00000280. The number of aromatic nitrogens is 4. The Kier molecular flexibility index (Phi) is 8.49. The summed E-state index contributed by atoms with van der Waals surface area (Å²) in [6.07, 6.45) is 2.83. The highest BCUT2D eigenvalue weighted by molar-refractivity contribution is 14.0. The van der Waals surface area contributed by atoms with Crippen LogP contribution in [0.1, 0.15) is 23.6 Å². The number of nitrogens with one attached hydrogen (secondary N) is 3. The molecule has 8 heteroatoms. The van der Waals surface area contributed by atoms with Gasteiger partial charge in [-0.1, -0.05) is 30.3 Å². The molecule has 0 atom stereocenters. The molecule has 0 radical (unpaired) electrons. The maximum absolute atomic E-state index is 4.48. The average Bonchev–Trinajstić information content (AvgIpc) is 3.28. The molecule has 7 nitrogen and oxygen atoms in total. The third-order valence-corrected chi connectivity index (χ3v) is 4.30. The van der Waals surface area contributed by atoms with Gasteiger partial charge in [0.15, 0.2) is 5.96 Å². The number of hydrogen-bond acceptors (Lipinski definition) is 3. The molecule has 0 spiro atoms. The first-order chi connectivity index (χ1) is 13.2. The van der Waals surface area contributed by atoms with Crippen LogP contribution >= 0.6 is 24.0 Å². The highest BCUT2D eigenvalue weighted by Crippen LogP contribution is 2.15. The molecule has 2 aromatic heterocycles. The predicted octanol–water partition coefficient (Wildman–Crippen LogP) is 3.26. The fraction of sp³-hybridized carbons (Fsp3) is 0.350. The highest BCUT2D eigenvalue weighted by atomic mass is 127. The van der Waals surface area contributed by atoms with Crippen LogP contribution < -0.4 is 10.6 Å². The van der Waals surface area contributed by atoms with Gasteiger partial charge in [0.25, 0.3) is 0 Å². The van der Waals surface area contributed by atoms with Crippen LogP contribution in [-0.4, -0.2) is 39.3 Å². The van der Waals surface area contributed by atoms with Gasteiger partial charge in [0, 0.05) is 25.8 Å². The zero-order chi connectivity index (χ0) is 19.1. The standard InChI is InChI=1S/C20H27N7.HI/c1-15-12-16(2)27(26-15)11-7-10-22-20(21-3)24-14-19-23-13-18(25-19)17-8-5-4-6-9-17;/h4-6,8-9,12-13H,7,10-11,14H2,1-3H3,(H,23,25)(H2,21,22,24);1H. The molecule has 150 valence electrons. The van der Waals surface area contributed by atoms with E-state index in [-0.39, 0.29) is 24.0 Å². The lowest BCUT2D eigenvalue weighted by Crippen LogP contribution is -2.37. The van der Waals surface area contributed by atoms with Crippen LogP contribution in [0.3, 0.4) is 0 Å². The smallest absolute Gasteiger partial charge is 0.191 e. The van der Waals surface area contributed by atoms with Crippen molar-refractivity contribution in [3.8, 4) is 11.3 Å². The van der Waals surface area contributed by atoms with E-state index in [1.165, 1.54) is 5.69 Å². The summed E-state index contributed by atoms with van der Waals surface area (Å²) in [6.45, 7) is 6.41. The van der Waals surface area contributed by atoms with Gasteiger partial charge in [-0.05, 0) is 31.9 Å². The predicted molar refractivity (Wildman–Crippen MR) is 124 cm³/mol. The monoisotopic (exact) mass is 493 g/mol. The van der Waals surface area contributed by atoms with E-state index in [0.29, 0.717) is 6.54 Å². The van der Waals surface area contributed by atoms with Gasteiger partial charge in [0.05, 0.1) is 24.1 Å². The van der Waals surface area contributed by atoms with E-state index in [1.54, 1.807) is 7.05 Å². The molecule has 0 amide bonds. The Morgan fingerprint density at radius 2 is 1.96 bits per heavy atom. The lowest BCUT2D eigenvalue weighted by atomic mass is 10.2. The summed E-state index contributed by atoms with van der Waals surface area (Å²) in [7, 11) is 1.77. The zero-order valence-corrected chi connectivity index (χ0v) is 18.9. The number of H-pyrrole nitrogens is 1. The fourth-order valence-corrected chi connectivity index (χ4v) is 2.94. The van der Waals surface area contributed by atoms with Gasteiger partial charge >= 0.3 is 0 Å². The normalized spacial score (nSPS) is 11.2. The van der Waals surface area contributed by atoms with Gasteiger partial charge < -0.3 is 15.6 Å². The number of halogens is 1. The van der Waals surface area contributed by atoms with Crippen LogP contribution in [0.4, 0.5) is 0 Å². The number of aliphatic imine (C=N–C) groups is 1. The van der Waals surface area contributed by atoms with Crippen molar-refractivity contribution < 1.29 is 0 Å². The largest absolute Gasteiger partial charge is 0.356 e. The Morgan fingerprint density at radius 3 is 2.64 bits per heavy atom. The molecule has 28 heavy (non-hydrogen) atoms. The minimum Gasteiger partial charge on any atom is -0.356 e. The lowest BCUT2D eigenvalue weighted by Gasteiger charge is -2.11. The average molecular weight is 493 g/mol. The molecule has 1 aromatic carbocycles. The van der Waals surface area contributed by atoms with Crippen molar-refractivity contribution in [2.24, 2.45) is 4.99 Å². The van der Waals surface area contributed by atoms with Crippen molar-refractivity contribution in [3.05, 3.63) is 59.8 Å². The molecule has 0 unspecified atom stereocenters. The number of aryl methyl sites for hydroxylation is 3. The highest BCUT2D eigenvalue weighted by Gasteiger charge is 2.05. The van der Waals surface area contributed by atoms with Crippen molar-refractivity contribution in [2.45, 2.75) is 33.4 Å². The molecule has 2 heterocycles. The Hall–Kier alpha value is -2.36. The Morgan fingerprint density at radius 1 is 1.18 bits per heavy atom.